The number of imide groups is 1. The molecule has 6 rings (SSSR count). The highest BCUT2D eigenvalue weighted by molar-refractivity contribution is 8.00. The van der Waals surface area contributed by atoms with Gasteiger partial charge in [-0.15, -0.1) is 0 Å². The average molecular weight is 587 g/mol. The zero-order valence-corrected chi connectivity index (χ0v) is 23.2. The number of anilines is 2. The van der Waals surface area contributed by atoms with Crippen LogP contribution in [0.1, 0.15) is 21.9 Å². The molecule has 0 bridgehead atoms. The fourth-order valence-corrected chi connectivity index (χ4v) is 8.01. The quantitative estimate of drug-likeness (QED) is 0.199. The molecule has 2 unspecified atom stereocenters. The molecular formula is C29H22N4O6S2. The van der Waals surface area contributed by atoms with Crippen LogP contribution in [0, 0.1) is 23.0 Å². The molecule has 2 aliphatic heterocycles. The number of aryl methyl sites for hydroxylation is 1. The Kier molecular flexibility index (Phi) is 6.80. The van der Waals surface area contributed by atoms with Crippen LogP contribution in [0.5, 0.6) is 0 Å². The predicted molar refractivity (Wildman–Crippen MR) is 155 cm³/mol. The molecular weight excluding hydrogens is 564 g/mol. The minimum absolute atomic E-state index is 0.156. The lowest BCUT2D eigenvalue weighted by molar-refractivity contribution is -0.384. The van der Waals surface area contributed by atoms with Gasteiger partial charge in [0.05, 0.1) is 21.6 Å². The van der Waals surface area contributed by atoms with Crippen molar-refractivity contribution in [2.45, 2.75) is 29.7 Å². The fourth-order valence-electron chi connectivity index (χ4n) is 5.23. The molecule has 3 amide bonds. The first-order valence-corrected chi connectivity index (χ1v) is 14.4. The highest BCUT2D eigenvalue weighted by Crippen LogP contribution is 2.53. The van der Waals surface area contributed by atoms with Crippen molar-refractivity contribution in [1.82, 2.24) is 4.57 Å². The van der Waals surface area contributed by atoms with Crippen molar-refractivity contribution in [3.8, 4) is 0 Å². The smallest absolute Gasteiger partial charge is 0.308 e. The second-order valence-electron chi connectivity index (χ2n) is 9.78. The molecule has 1 N–H and O–H groups in total. The Morgan fingerprint density at radius 1 is 0.951 bits per heavy atom. The molecule has 1 saturated heterocycles. The number of non-ortho nitro benzene ring substituents is 1. The summed E-state index contributed by atoms with van der Waals surface area (Å²) in [5.41, 5.74) is 2.50. The SMILES string of the molecule is Cc1ccc(NC(=O)Cn2c3c(sc2=O)[C@H](c2ccccc2)C2C(=O)N(c4ccc([N+](=O)[O-])cc4)C(=O)C2S3)cc1. The number of benzene rings is 3. The number of hydrogen-bond donors (Lipinski definition) is 1. The molecule has 3 atom stereocenters. The Morgan fingerprint density at radius 2 is 1.63 bits per heavy atom. The van der Waals surface area contributed by atoms with Gasteiger partial charge in [-0.1, -0.05) is 71.1 Å². The largest absolute Gasteiger partial charge is 0.325 e. The van der Waals surface area contributed by atoms with E-state index in [1.807, 2.05) is 49.4 Å². The van der Waals surface area contributed by atoms with Crippen LogP contribution in [0.4, 0.5) is 17.1 Å². The van der Waals surface area contributed by atoms with E-state index in [-0.39, 0.29) is 22.8 Å². The summed E-state index contributed by atoms with van der Waals surface area (Å²) in [7, 11) is 0. The van der Waals surface area contributed by atoms with Crippen molar-refractivity contribution < 1.29 is 19.3 Å². The van der Waals surface area contributed by atoms with E-state index < -0.39 is 39.7 Å². The molecule has 12 heteroatoms. The lowest BCUT2D eigenvalue weighted by Crippen LogP contribution is -2.33. The number of amides is 3. The van der Waals surface area contributed by atoms with Crippen molar-refractivity contribution in [2.24, 2.45) is 5.92 Å². The van der Waals surface area contributed by atoms with Gasteiger partial charge in [0.25, 0.3) is 5.69 Å². The van der Waals surface area contributed by atoms with Gasteiger partial charge in [-0.25, -0.2) is 4.90 Å². The first kappa shape index (κ1) is 26.7. The van der Waals surface area contributed by atoms with Crippen molar-refractivity contribution in [3.63, 3.8) is 0 Å². The number of fused-ring (bicyclic) bond motifs is 2. The standard InChI is InChI=1S/C29H22N4O6S2/c1-16-7-9-18(10-8-16)30-21(34)15-31-28-25(41-29(31)37)22(17-5-3-2-4-6-17)23-24(40-28)27(36)32(26(23)35)19-11-13-20(14-12-19)33(38)39/h2-14,22-24H,15H2,1H3,(H,30,34)/t22-,23?,24?/m1/s1. The molecule has 206 valence electrons. The van der Waals surface area contributed by atoms with Crippen LogP contribution in [-0.2, 0) is 20.9 Å². The second kappa shape index (κ2) is 10.5. The summed E-state index contributed by atoms with van der Waals surface area (Å²) in [5.74, 6) is -2.69. The first-order valence-electron chi connectivity index (χ1n) is 12.7. The van der Waals surface area contributed by atoms with E-state index in [9.17, 15) is 29.3 Å². The minimum Gasteiger partial charge on any atom is -0.325 e. The van der Waals surface area contributed by atoms with Gasteiger partial charge in [-0.05, 0) is 36.8 Å². The van der Waals surface area contributed by atoms with Gasteiger partial charge < -0.3 is 5.32 Å². The molecule has 1 aromatic heterocycles. The number of rotatable bonds is 6. The molecule has 0 saturated carbocycles. The Hall–Kier alpha value is -4.55. The Labute approximate surface area is 241 Å². The normalized spacial score (nSPS) is 19.5. The topological polar surface area (TPSA) is 132 Å². The molecule has 2 aliphatic rings. The van der Waals surface area contributed by atoms with Crippen molar-refractivity contribution in [2.75, 3.05) is 10.2 Å². The van der Waals surface area contributed by atoms with E-state index in [1.54, 1.807) is 12.1 Å². The van der Waals surface area contributed by atoms with E-state index in [1.165, 1.54) is 28.8 Å². The van der Waals surface area contributed by atoms with Crippen LogP contribution in [0.25, 0.3) is 0 Å². The van der Waals surface area contributed by atoms with E-state index in [0.29, 0.717) is 15.6 Å². The van der Waals surface area contributed by atoms with Crippen LogP contribution in [0.15, 0.2) is 88.7 Å². The van der Waals surface area contributed by atoms with Gasteiger partial charge in [0, 0.05) is 28.6 Å². The molecule has 0 aliphatic carbocycles. The zero-order chi connectivity index (χ0) is 28.8. The fraction of sp³-hybridized carbons (Fsp3) is 0.172. The average Bonchev–Trinajstić information content (AvgIpc) is 3.40. The Morgan fingerprint density at radius 3 is 2.29 bits per heavy atom. The second-order valence-corrected chi connectivity index (χ2v) is 11.9. The summed E-state index contributed by atoms with van der Waals surface area (Å²) in [4.78, 5) is 65.7. The molecule has 3 aromatic carbocycles. The maximum absolute atomic E-state index is 13.9. The molecule has 0 radical (unpaired) electrons. The summed E-state index contributed by atoms with van der Waals surface area (Å²) in [6, 6.07) is 21.8. The molecule has 0 spiro atoms. The highest BCUT2D eigenvalue weighted by atomic mass is 32.2. The number of nitrogens with zero attached hydrogens (tertiary/aromatic N) is 3. The van der Waals surface area contributed by atoms with E-state index in [2.05, 4.69) is 5.32 Å². The third-order valence-electron chi connectivity index (χ3n) is 7.16. The third kappa shape index (κ3) is 4.74. The Balaban J connectivity index is 1.38. The summed E-state index contributed by atoms with van der Waals surface area (Å²) in [6.07, 6.45) is 0. The number of carbonyl (C=O) groups is 3. The number of nitrogens with one attached hydrogen (secondary N) is 1. The van der Waals surface area contributed by atoms with Gasteiger partial charge >= 0.3 is 4.87 Å². The number of carbonyl (C=O) groups excluding carboxylic acids is 3. The number of thiazole rings is 1. The van der Waals surface area contributed by atoms with Crippen molar-refractivity contribution >= 4 is 57.9 Å². The number of hydrogen-bond acceptors (Lipinski definition) is 8. The van der Waals surface area contributed by atoms with Crippen LogP contribution < -0.4 is 15.1 Å². The summed E-state index contributed by atoms with van der Waals surface area (Å²) < 4.78 is 1.37. The first-order chi connectivity index (χ1) is 19.7. The number of nitro benzene ring substituents is 1. The van der Waals surface area contributed by atoms with Crippen molar-refractivity contribution in [1.29, 1.82) is 0 Å². The third-order valence-corrected chi connectivity index (χ3v) is 9.77. The minimum atomic E-state index is -0.851. The van der Waals surface area contributed by atoms with Crippen LogP contribution in [-0.4, -0.2) is 32.5 Å². The van der Waals surface area contributed by atoms with Gasteiger partial charge in [-0.3, -0.25) is 33.9 Å². The molecule has 4 aromatic rings. The summed E-state index contributed by atoms with van der Waals surface area (Å²) in [5, 5.41) is 13.6. The molecule has 3 heterocycles. The molecule has 1 fully saturated rings. The highest BCUT2D eigenvalue weighted by Gasteiger charge is 2.56. The monoisotopic (exact) mass is 586 g/mol. The van der Waals surface area contributed by atoms with Crippen LogP contribution in [0.2, 0.25) is 0 Å². The lowest BCUT2D eigenvalue weighted by Gasteiger charge is -2.30. The van der Waals surface area contributed by atoms with Crippen molar-refractivity contribution in [3.05, 3.63) is 115 Å². The van der Waals surface area contributed by atoms with E-state index >= 15 is 0 Å². The van der Waals surface area contributed by atoms with Gasteiger partial charge in [0.1, 0.15) is 11.8 Å². The van der Waals surface area contributed by atoms with E-state index in [4.69, 9.17) is 0 Å². The van der Waals surface area contributed by atoms with Gasteiger partial charge in [0.15, 0.2) is 0 Å². The van der Waals surface area contributed by atoms with Gasteiger partial charge in [-0.2, -0.15) is 0 Å². The number of thioether (sulfide) groups is 1. The number of nitro groups is 1. The van der Waals surface area contributed by atoms with Gasteiger partial charge in [0.2, 0.25) is 17.7 Å². The lowest BCUT2D eigenvalue weighted by atomic mass is 9.83. The number of aromatic nitrogens is 1. The maximum atomic E-state index is 13.9. The maximum Gasteiger partial charge on any atom is 0.308 e. The summed E-state index contributed by atoms with van der Waals surface area (Å²) in [6.45, 7) is 1.69. The van der Waals surface area contributed by atoms with Crippen LogP contribution in [0.3, 0.4) is 0 Å². The Bertz CT molecular complexity index is 1750. The summed E-state index contributed by atoms with van der Waals surface area (Å²) >= 11 is 2.09. The van der Waals surface area contributed by atoms with E-state index in [0.717, 1.165) is 39.1 Å². The molecule has 10 nitrogen and oxygen atoms in total. The molecule has 41 heavy (non-hydrogen) atoms. The zero-order valence-electron chi connectivity index (χ0n) is 21.6. The van der Waals surface area contributed by atoms with Crippen LogP contribution >= 0.6 is 23.1 Å². The predicted octanol–water partition coefficient (Wildman–Crippen LogP) is 4.56.